The van der Waals surface area contributed by atoms with Crippen molar-refractivity contribution in [3.8, 4) is 0 Å². The van der Waals surface area contributed by atoms with Crippen molar-refractivity contribution >= 4 is 17.6 Å². The lowest BCUT2D eigenvalue weighted by Gasteiger charge is -2.11. The molecule has 0 bridgehead atoms. The maximum absolute atomic E-state index is 11.0. The van der Waals surface area contributed by atoms with Crippen molar-refractivity contribution in [2.24, 2.45) is 0 Å². The quantitative estimate of drug-likeness (QED) is 0.791. The average Bonchev–Trinajstić information content (AvgIpc) is 2.59. The molecule has 84 valence electrons. The fourth-order valence-electron chi connectivity index (χ4n) is 1.29. The van der Waals surface area contributed by atoms with Crippen LogP contribution < -0.4 is 0 Å². The first kappa shape index (κ1) is 12.0. The summed E-state index contributed by atoms with van der Waals surface area (Å²) in [5.41, 5.74) is 0.449. The van der Waals surface area contributed by atoms with Gasteiger partial charge in [-0.3, -0.25) is 4.79 Å². The van der Waals surface area contributed by atoms with Crippen molar-refractivity contribution in [3.05, 3.63) is 17.2 Å². The SMILES string of the molecule is CCn1cnc(Cl)c1[C@H](O)CC(=O)OC. The van der Waals surface area contributed by atoms with Crippen LogP contribution >= 0.6 is 11.6 Å². The Morgan fingerprint density at radius 2 is 2.47 bits per heavy atom. The van der Waals surface area contributed by atoms with Gasteiger partial charge in [0.25, 0.3) is 0 Å². The maximum Gasteiger partial charge on any atom is 0.308 e. The Bertz CT molecular complexity index is 351. The Labute approximate surface area is 92.6 Å². The highest BCUT2D eigenvalue weighted by atomic mass is 35.5. The number of carbonyl (C=O) groups excluding carboxylic acids is 1. The van der Waals surface area contributed by atoms with E-state index in [9.17, 15) is 9.90 Å². The Hall–Kier alpha value is -1.07. The summed E-state index contributed by atoms with van der Waals surface area (Å²) in [6, 6.07) is 0. The molecule has 0 saturated carbocycles. The van der Waals surface area contributed by atoms with Gasteiger partial charge in [0.2, 0.25) is 0 Å². The first-order valence-corrected chi connectivity index (χ1v) is 4.93. The van der Waals surface area contributed by atoms with Crippen LogP contribution in [0.25, 0.3) is 0 Å². The molecule has 0 aliphatic carbocycles. The van der Waals surface area contributed by atoms with Gasteiger partial charge >= 0.3 is 5.97 Å². The van der Waals surface area contributed by atoms with Crippen LogP contribution in [0, 0.1) is 0 Å². The van der Waals surface area contributed by atoms with E-state index in [2.05, 4.69) is 9.72 Å². The molecule has 0 aromatic carbocycles. The monoisotopic (exact) mass is 232 g/mol. The molecule has 0 fully saturated rings. The van der Waals surface area contributed by atoms with Crippen molar-refractivity contribution in [1.82, 2.24) is 9.55 Å². The van der Waals surface area contributed by atoms with Crippen LogP contribution in [0.4, 0.5) is 0 Å². The van der Waals surface area contributed by atoms with E-state index in [1.165, 1.54) is 13.4 Å². The first-order valence-electron chi connectivity index (χ1n) is 4.55. The third-order valence-corrected chi connectivity index (χ3v) is 2.37. The van der Waals surface area contributed by atoms with Crippen LogP contribution in [0.5, 0.6) is 0 Å². The summed E-state index contributed by atoms with van der Waals surface area (Å²) >= 11 is 5.80. The van der Waals surface area contributed by atoms with Crippen molar-refractivity contribution in [2.45, 2.75) is 26.0 Å². The molecule has 0 amide bonds. The number of halogens is 1. The van der Waals surface area contributed by atoms with Crippen LogP contribution in [0.15, 0.2) is 6.33 Å². The average molecular weight is 233 g/mol. The van der Waals surface area contributed by atoms with Gasteiger partial charge in [-0.25, -0.2) is 4.98 Å². The van der Waals surface area contributed by atoms with Gasteiger partial charge in [-0.15, -0.1) is 0 Å². The number of aliphatic hydroxyl groups excluding tert-OH is 1. The van der Waals surface area contributed by atoms with Gasteiger partial charge in [-0.1, -0.05) is 11.6 Å². The molecule has 1 aromatic rings. The van der Waals surface area contributed by atoms with Crippen LogP contribution in [0.1, 0.15) is 25.1 Å². The highest BCUT2D eigenvalue weighted by Gasteiger charge is 2.20. The second kappa shape index (κ2) is 5.14. The molecule has 1 aromatic heterocycles. The number of rotatable bonds is 4. The smallest absolute Gasteiger partial charge is 0.308 e. The highest BCUT2D eigenvalue weighted by Crippen LogP contribution is 2.24. The number of ether oxygens (including phenoxy) is 1. The van der Waals surface area contributed by atoms with Crippen LogP contribution in [-0.4, -0.2) is 27.7 Å². The van der Waals surface area contributed by atoms with E-state index in [1.807, 2.05) is 6.92 Å². The molecular formula is C9H13ClN2O3. The van der Waals surface area contributed by atoms with Gasteiger partial charge in [0.1, 0.15) is 6.10 Å². The second-order valence-corrected chi connectivity index (χ2v) is 3.36. The van der Waals surface area contributed by atoms with Gasteiger partial charge in [-0.2, -0.15) is 0 Å². The molecule has 6 heteroatoms. The third kappa shape index (κ3) is 2.70. The molecule has 1 rings (SSSR count). The van der Waals surface area contributed by atoms with E-state index in [0.29, 0.717) is 12.2 Å². The number of hydrogen-bond donors (Lipinski definition) is 1. The number of esters is 1. The number of methoxy groups -OCH3 is 1. The molecule has 0 aliphatic heterocycles. The number of aliphatic hydroxyl groups is 1. The van der Waals surface area contributed by atoms with E-state index in [0.717, 1.165) is 0 Å². The summed E-state index contributed by atoms with van der Waals surface area (Å²) in [7, 11) is 1.27. The summed E-state index contributed by atoms with van der Waals surface area (Å²) in [5.74, 6) is -0.484. The normalized spacial score (nSPS) is 12.5. The Morgan fingerprint density at radius 3 is 3.00 bits per heavy atom. The van der Waals surface area contributed by atoms with Crippen LogP contribution in [-0.2, 0) is 16.1 Å². The molecule has 15 heavy (non-hydrogen) atoms. The summed E-state index contributed by atoms with van der Waals surface area (Å²) in [6.45, 7) is 2.53. The molecule has 0 spiro atoms. The minimum Gasteiger partial charge on any atom is -0.469 e. The molecule has 0 aliphatic rings. The molecule has 1 N–H and O–H groups in total. The zero-order valence-electron chi connectivity index (χ0n) is 8.61. The highest BCUT2D eigenvalue weighted by molar-refractivity contribution is 6.30. The Balaban J connectivity index is 2.84. The number of nitrogens with zero attached hydrogens (tertiary/aromatic N) is 2. The summed E-state index contributed by atoms with van der Waals surface area (Å²) in [4.78, 5) is 14.8. The minimum atomic E-state index is -0.979. The number of hydrogen-bond acceptors (Lipinski definition) is 4. The molecule has 0 unspecified atom stereocenters. The lowest BCUT2D eigenvalue weighted by Crippen LogP contribution is -2.12. The van der Waals surface area contributed by atoms with Crippen LogP contribution in [0.3, 0.4) is 0 Å². The Morgan fingerprint density at radius 1 is 1.80 bits per heavy atom. The van der Waals surface area contributed by atoms with E-state index in [-0.39, 0.29) is 11.6 Å². The van der Waals surface area contributed by atoms with E-state index in [1.54, 1.807) is 4.57 Å². The van der Waals surface area contributed by atoms with Gasteiger partial charge in [0, 0.05) is 6.54 Å². The lowest BCUT2D eigenvalue weighted by atomic mass is 10.2. The standard InChI is InChI=1S/C9H13ClN2O3/c1-3-12-5-11-9(10)8(12)6(13)4-7(14)15-2/h5-6,13H,3-4H2,1-2H3/t6-/m1/s1. The zero-order valence-corrected chi connectivity index (χ0v) is 9.36. The van der Waals surface area contributed by atoms with Gasteiger partial charge < -0.3 is 14.4 Å². The van der Waals surface area contributed by atoms with Crippen molar-refractivity contribution in [2.75, 3.05) is 7.11 Å². The predicted molar refractivity (Wildman–Crippen MR) is 54.5 cm³/mol. The number of carbonyl (C=O) groups is 1. The summed E-state index contributed by atoms with van der Waals surface area (Å²) in [6.07, 6.45) is 0.424. The van der Waals surface area contributed by atoms with Gasteiger partial charge in [-0.05, 0) is 6.92 Å². The summed E-state index contributed by atoms with van der Waals surface area (Å²) in [5, 5.41) is 9.97. The van der Waals surface area contributed by atoms with Crippen molar-refractivity contribution < 1.29 is 14.6 Å². The minimum absolute atomic E-state index is 0.123. The van der Waals surface area contributed by atoms with Crippen molar-refractivity contribution in [1.29, 1.82) is 0 Å². The maximum atomic E-state index is 11.0. The Kier molecular flexibility index (Phi) is 4.11. The first-order chi connectivity index (χ1) is 7.10. The predicted octanol–water partition coefficient (Wildman–Crippen LogP) is 1.15. The lowest BCUT2D eigenvalue weighted by molar-refractivity contribution is -0.143. The van der Waals surface area contributed by atoms with Crippen LogP contribution in [0.2, 0.25) is 5.15 Å². The number of imidazole rings is 1. The molecule has 0 radical (unpaired) electrons. The molecular weight excluding hydrogens is 220 g/mol. The largest absolute Gasteiger partial charge is 0.469 e. The molecule has 1 heterocycles. The van der Waals surface area contributed by atoms with Gasteiger partial charge in [0.15, 0.2) is 5.15 Å². The second-order valence-electron chi connectivity index (χ2n) is 3.00. The zero-order chi connectivity index (χ0) is 11.4. The van der Waals surface area contributed by atoms with E-state index in [4.69, 9.17) is 11.6 Å². The molecule has 0 saturated heterocycles. The third-order valence-electron chi connectivity index (χ3n) is 2.08. The molecule has 1 atom stereocenters. The fraction of sp³-hybridized carbons (Fsp3) is 0.556. The van der Waals surface area contributed by atoms with Crippen molar-refractivity contribution in [3.63, 3.8) is 0 Å². The molecule has 5 nitrogen and oxygen atoms in total. The van der Waals surface area contributed by atoms with Gasteiger partial charge in [0.05, 0.1) is 25.6 Å². The van der Waals surface area contributed by atoms with E-state index >= 15 is 0 Å². The number of aryl methyl sites for hydroxylation is 1. The fourth-order valence-corrected chi connectivity index (χ4v) is 1.56. The number of aromatic nitrogens is 2. The van der Waals surface area contributed by atoms with E-state index < -0.39 is 12.1 Å². The topological polar surface area (TPSA) is 64.3 Å². The summed E-state index contributed by atoms with van der Waals surface area (Å²) < 4.78 is 6.15.